The summed E-state index contributed by atoms with van der Waals surface area (Å²) in [7, 11) is 0. The van der Waals surface area contributed by atoms with Crippen LogP contribution in [-0.4, -0.2) is 10.2 Å². The van der Waals surface area contributed by atoms with E-state index >= 15 is 0 Å². The first-order valence-corrected chi connectivity index (χ1v) is 8.08. The van der Waals surface area contributed by atoms with E-state index in [1.807, 2.05) is 48.5 Å². The summed E-state index contributed by atoms with van der Waals surface area (Å²) >= 11 is 0. The molecule has 0 aliphatic carbocycles. The lowest BCUT2D eigenvalue weighted by atomic mass is 10.1. The summed E-state index contributed by atoms with van der Waals surface area (Å²) in [6.45, 7) is 2.54. The van der Waals surface area contributed by atoms with Crippen molar-refractivity contribution >= 4 is 16.6 Å². The van der Waals surface area contributed by atoms with Crippen LogP contribution in [0.2, 0.25) is 0 Å². The second kappa shape index (κ2) is 6.28. The maximum atomic E-state index is 11.8. The highest BCUT2D eigenvalue weighted by atomic mass is 16.3. The molecule has 0 aliphatic rings. The highest BCUT2D eigenvalue weighted by Gasteiger charge is 2.09. The van der Waals surface area contributed by atoms with Crippen LogP contribution < -0.4 is 10.9 Å². The van der Waals surface area contributed by atoms with Crippen LogP contribution in [0.3, 0.4) is 0 Å². The number of nitrogens with one attached hydrogen (secondary N) is 2. The van der Waals surface area contributed by atoms with Crippen LogP contribution in [0.5, 0.6) is 0 Å². The minimum Gasteiger partial charge on any atom is -0.459 e. The molecule has 25 heavy (non-hydrogen) atoms. The van der Waals surface area contributed by atoms with E-state index in [9.17, 15) is 4.79 Å². The number of fused-ring (bicyclic) bond motifs is 1. The summed E-state index contributed by atoms with van der Waals surface area (Å²) in [5, 5.41) is 11.3. The first-order valence-electron chi connectivity index (χ1n) is 8.08. The van der Waals surface area contributed by atoms with Crippen LogP contribution in [-0.2, 0) is 6.54 Å². The number of aryl methyl sites for hydroxylation is 1. The molecule has 0 aliphatic heterocycles. The number of anilines is 1. The van der Waals surface area contributed by atoms with Crippen LogP contribution in [0, 0.1) is 6.92 Å². The van der Waals surface area contributed by atoms with Crippen molar-refractivity contribution in [3.63, 3.8) is 0 Å². The van der Waals surface area contributed by atoms with Gasteiger partial charge in [-0.15, -0.1) is 0 Å². The third-order valence-electron chi connectivity index (χ3n) is 4.20. The van der Waals surface area contributed by atoms with Crippen molar-refractivity contribution in [1.82, 2.24) is 10.2 Å². The molecule has 0 saturated carbocycles. The van der Waals surface area contributed by atoms with Crippen LogP contribution in [0.4, 0.5) is 5.82 Å². The van der Waals surface area contributed by atoms with Crippen molar-refractivity contribution in [2.75, 3.05) is 5.32 Å². The van der Waals surface area contributed by atoms with Crippen molar-refractivity contribution in [2.45, 2.75) is 13.5 Å². The second-order valence-corrected chi connectivity index (χ2v) is 5.88. The number of nitrogens with zero attached hydrogens (tertiary/aromatic N) is 1. The highest BCUT2D eigenvalue weighted by molar-refractivity contribution is 5.90. The molecule has 2 aromatic carbocycles. The summed E-state index contributed by atoms with van der Waals surface area (Å²) in [6, 6.07) is 19.4. The molecule has 0 fully saturated rings. The average molecular weight is 331 g/mol. The minimum atomic E-state index is -0.194. The van der Waals surface area contributed by atoms with Gasteiger partial charge in [-0.3, -0.25) is 4.79 Å². The molecular weight excluding hydrogens is 314 g/mol. The predicted octanol–water partition coefficient (Wildman–Crippen LogP) is 4.10. The first-order chi connectivity index (χ1) is 12.2. The number of hydrogen-bond acceptors (Lipinski definition) is 4. The van der Waals surface area contributed by atoms with E-state index in [0.29, 0.717) is 17.7 Å². The van der Waals surface area contributed by atoms with Gasteiger partial charge in [-0.25, -0.2) is 5.10 Å². The molecule has 2 aromatic heterocycles. The molecule has 4 rings (SSSR count). The summed E-state index contributed by atoms with van der Waals surface area (Å²) in [6.07, 6.45) is 0. The molecule has 2 heterocycles. The van der Waals surface area contributed by atoms with Gasteiger partial charge in [0.25, 0.3) is 5.56 Å². The fourth-order valence-corrected chi connectivity index (χ4v) is 2.89. The van der Waals surface area contributed by atoms with Gasteiger partial charge in [0.1, 0.15) is 11.5 Å². The zero-order valence-corrected chi connectivity index (χ0v) is 13.7. The third-order valence-corrected chi connectivity index (χ3v) is 4.20. The van der Waals surface area contributed by atoms with Crippen molar-refractivity contribution in [3.8, 4) is 11.3 Å². The monoisotopic (exact) mass is 331 g/mol. The lowest BCUT2D eigenvalue weighted by molar-refractivity contribution is 0.531. The van der Waals surface area contributed by atoms with Gasteiger partial charge in [-0.05, 0) is 30.7 Å². The second-order valence-electron chi connectivity index (χ2n) is 5.88. The van der Waals surface area contributed by atoms with Gasteiger partial charge in [0.15, 0.2) is 5.82 Å². The predicted molar refractivity (Wildman–Crippen MR) is 98.6 cm³/mol. The standard InChI is InChI=1S/C20H17N3O2/c1-13-6-2-3-7-15(13)18-11-10-14(25-18)12-21-19-16-8-4-5-9-17(16)20(24)23-22-19/h2-11H,12H2,1H3,(H,21,22)(H,23,24). The number of benzene rings is 2. The van der Waals surface area contributed by atoms with Crippen molar-refractivity contribution in [1.29, 1.82) is 0 Å². The SMILES string of the molecule is Cc1ccccc1-c1ccc(CNc2n[nH]c(=O)c3ccccc23)o1. The Labute approximate surface area is 144 Å². The van der Waals surface area contributed by atoms with E-state index in [2.05, 4.69) is 28.5 Å². The Kier molecular flexibility index (Phi) is 3.82. The molecular formula is C20H17N3O2. The molecule has 0 unspecified atom stereocenters. The molecule has 2 N–H and O–H groups in total. The summed E-state index contributed by atoms with van der Waals surface area (Å²) in [5.74, 6) is 2.27. The minimum absolute atomic E-state index is 0.194. The Balaban J connectivity index is 1.58. The normalized spacial score (nSPS) is 10.9. The highest BCUT2D eigenvalue weighted by Crippen LogP contribution is 2.26. The smallest absolute Gasteiger partial charge is 0.272 e. The van der Waals surface area contributed by atoms with Gasteiger partial charge in [-0.1, -0.05) is 42.5 Å². The molecule has 5 heteroatoms. The van der Waals surface area contributed by atoms with Crippen LogP contribution in [0.25, 0.3) is 22.1 Å². The number of H-pyrrole nitrogens is 1. The van der Waals surface area contributed by atoms with Crippen LogP contribution >= 0.6 is 0 Å². The summed E-state index contributed by atoms with van der Waals surface area (Å²) in [5.41, 5.74) is 2.06. The van der Waals surface area contributed by atoms with Gasteiger partial charge in [-0.2, -0.15) is 5.10 Å². The van der Waals surface area contributed by atoms with Gasteiger partial charge >= 0.3 is 0 Å². The lowest BCUT2D eigenvalue weighted by Crippen LogP contribution is -2.11. The van der Waals surface area contributed by atoms with E-state index in [0.717, 1.165) is 22.5 Å². The Hall–Kier alpha value is -3.34. The molecule has 0 amide bonds. The largest absolute Gasteiger partial charge is 0.459 e. The summed E-state index contributed by atoms with van der Waals surface area (Å²) < 4.78 is 5.95. The average Bonchev–Trinajstić information content (AvgIpc) is 3.11. The molecule has 0 saturated heterocycles. The summed E-state index contributed by atoms with van der Waals surface area (Å²) in [4.78, 5) is 11.8. The molecule has 0 atom stereocenters. The van der Waals surface area contributed by atoms with Crippen molar-refractivity contribution in [2.24, 2.45) is 0 Å². The molecule has 0 spiro atoms. The van der Waals surface area contributed by atoms with E-state index in [1.165, 1.54) is 5.56 Å². The maximum Gasteiger partial charge on any atom is 0.272 e. The topological polar surface area (TPSA) is 70.9 Å². The molecule has 0 radical (unpaired) electrons. The lowest BCUT2D eigenvalue weighted by Gasteiger charge is -2.06. The zero-order chi connectivity index (χ0) is 17.2. The number of aromatic nitrogens is 2. The Bertz CT molecular complexity index is 1100. The fraction of sp³-hybridized carbons (Fsp3) is 0.100. The van der Waals surface area contributed by atoms with Crippen molar-refractivity contribution in [3.05, 3.63) is 82.3 Å². The third kappa shape index (κ3) is 2.92. The van der Waals surface area contributed by atoms with Gasteiger partial charge in [0, 0.05) is 10.9 Å². The number of hydrogen-bond donors (Lipinski definition) is 2. The zero-order valence-electron chi connectivity index (χ0n) is 13.7. The molecule has 4 aromatic rings. The maximum absolute atomic E-state index is 11.8. The first kappa shape index (κ1) is 15.2. The van der Waals surface area contributed by atoms with Crippen LogP contribution in [0.15, 0.2) is 69.9 Å². The number of furan rings is 1. The quantitative estimate of drug-likeness (QED) is 0.590. The van der Waals surface area contributed by atoms with E-state index in [4.69, 9.17) is 4.42 Å². The van der Waals surface area contributed by atoms with Gasteiger partial charge < -0.3 is 9.73 Å². The number of aromatic amines is 1. The Morgan fingerprint density at radius 1 is 1.00 bits per heavy atom. The fourth-order valence-electron chi connectivity index (χ4n) is 2.89. The van der Waals surface area contributed by atoms with Gasteiger partial charge in [0.05, 0.1) is 11.9 Å². The van der Waals surface area contributed by atoms with E-state index < -0.39 is 0 Å². The Morgan fingerprint density at radius 2 is 1.76 bits per heavy atom. The molecule has 124 valence electrons. The Morgan fingerprint density at radius 3 is 2.60 bits per heavy atom. The van der Waals surface area contributed by atoms with Crippen molar-refractivity contribution < 1.29 is 4.42 Å². The van der Waals surface area contributed by atoms with Gasteiger partial charge in [0.2, 0.25) is 0 Å². The van der Waals surface area contributed by atoms with Crippen LogP contribution in [0.1, 0.15) is 11.3 Å². The number of rotatable bonds is 4. The van der Waals surface area contributed by atoms with E-state index in [-0.39, 0.29) is 5.56 Å². The molecule has 5 nitrogen and oxygen atoms in total. The van der Waals surface area contributed by atoms with E-state index in [1.54, 1.807) is 6.07 Å². The molecule has 0 bridgehead atoms.